The third-order valence-electron chi connectivity index (χ3n) is 13.6. The first-order valence-electron chi connectivity index (χ1n) is 15.5. The third-order valence-corrected chi connectivity index (χ3v) is 13.6. The van der Waals surface area contributed by atoms with E-state index in [-0.39, 0.29) is 24.2 Å². The number of hydrogen-bond acceptors (Lipinski definition) is 2. The van der Waals surface area contributed by atoms with Gasteiger partial charge >= 0.3 is 6.18 Å². The summed E-state index contributed by atoms with van der Waals surface area (Å²) >= 11 is 0. The first-order valence-corrected chi connectivity index (χ1v) is 15.5. The van der Waals surface area contributed by atoms with E-state index in [1.807, 2.05) is 0 Å². The van der Waals surface area contributed by atoms with Crippen LogP contribution in [0.4, 0.5) is 13.2 Å². The molecule has 0 saturated heterocycles. The van der Waals surface area contributed by atoms with Crippen LogP contribution in [0.1, 0.15) is 131 Å². The lowest BCUT2D eigenvalue weighted by Gasteiger charge is -2.62. The number of hydrogen-bond donors (Lipinski definition) is 2. The van der Waals surface area contributed by atoms with Gasteiger partial charge in [-0.25, -0.2) is 0 Å². The summed E-state index contributed by atoms with van der Waals surface area (Å²) in [4.78, 5) is 0. The molecule has 0 aliphatic heterocycles. The summed E-state index contributed by atoms with van der Waals surface area (Å²) in [6, 6.07) is 0. The van der Waals surface area contributed by atoms with Gasteiger partial charge in [-0.3, -0.25) is 0 Å². The van der Waals surface area contributed by atoms with Crippen molar-refractivity contribution in [2.24, 2.45) is 51.8 Å². The van der Waals surface area contributed by atoms with Crippen LogP contribution in [0.25, 0.3) is 0 Å². The quantitative estimate of drug-likeness (QED) is 0.385. The fourth-order valence-electron chi connectivity index (χ4n) is 10.8. The van der Waals surface area contributed by atoms with Gasteiger partial charge in [-0.15, -0.1) is 0 Å². The highest BCUT2D eigenvalue weighted by Crippen LogP contribution is 2.69. The number of fused-ring (bicyclic) bond motifs is 5. The Bertz CT molecular complexity index is 843. The Morgan fingerprint density at radius 1 is 0.757 bits per heavy atom. The van der Waals surface area contributed by atoms with Crippen molar-refractivity contribution < 1.29 is 23.4 Å². The topological polar surface area (TPSA) is 40.5 Å². The molecular weight excluding hydrogens is 473 g/mol. The molecule has 5 aliphatic rings. The van der Waals surface area contributed by atoms with Crippen molar-refractivity contribution in [1.82, 2.24) is 0 Å². The number of aliphatic hydroxyl groups is 2. The van der Waals surface area contributed by atoms with Crippen LogP contribution in [0.5, 0.6) is 0 Å². The summed E-state index contributed by atoms with van der Waals surface area (Å²) in [5.41, 5.74) is -2.35. The van der Waals surface area contributed by atoms with Gasteiger partial charge in [0.2, 0.25) is 0 Å². The van der Waals surface area contributed by atoms with Crippen LogP contribution in [0.15, 0.2) is 0 Å². The smallest absolute Gasteiger partial charge is 0.390 e. The molecule has 0 bridgehead atoms. The Hall–Kier alpha value is -0.290. The van der Waals surface area contributed by atoms with E-state index in [0.29, 0.717) is 46.8 Å². The lowest BCUT2D eigenvalue weighted by atomic mass is 9.43. The van der Waals surface area contributed by atoms with Gasteiger partial charge in [-0.1, -0.05) is 34.6 Å². The Balaban J connectivity index is 1.24. The SMILES string of the molecule is C[C@H](CCC1(O)CCC(C)(C)CC1)[C@H]1CC[C@H]2[C@@H]3CC[C@H]4C[C@](O)(C(F)(F)F)CC[C@]4(C)C3CC[C@]12C. The van der Waals surface area contributed by atoms with E-state index in [0.717, 1.165) is 57.8 Å². The molecule has 0 aromatic rings. The van der Waals surface area contributed by atoms with Gasteiger partial charge in [0, 0.05) is 0 Å². The van der Waals surface area contributed by atoms with Crippen LogP contribution < -0.4 is 0 Å². The molecule has 5 aliphatic carbocycles. The third kappa shape index (κ3) is 4.72. The molecule has 9 atom stereocenters. The van der Waals surface area contributed by atoms with Crippen molar-refractivity contribution in [1.29, 1.82) is 0 Å². The van der Waals surface area contributed by atoms with Crippen molar-refractivity contribution in [3.8, 4) is 0 Å². The van der Waals surface area contributed by atoms with E-state index in [2.05, 4.69) is 34.6 Å². The molecule has 5 fully saturated rings. The molecule has 5 saturated carbocycles. The minimum atomic E-state index is -4.52. The Kier molecular flexibility index (Phi) is 6.96. The van der Waals surface area contributed by atoms with Crippen LogP contribution in [0.3, 0.4) is 0 Å². The van der Waals surface area contributed by atoms with Crippen molar-refractivity contribution in [3.05, 3.63) is 0 Å². The second-order valence-corrected chi connectivity index (χ2v) is 16.0. The van der Waals surface area contributed by atoms with E-state index in [1.165, 1.54) is 19.3 Å². The second kappa shape index (κ2) is 9.11. The molecule has 5 heteroatoms. The lowest BCUT2D eigenvalue weighted by Crippen LogP contribution is -2.59. The van der Waals surface area contributed by atoms with Crippen LogP contribution >= 0.6 is 0 Å². The Labute approximate surface area is 223 Å². The average molecular weight is 527 g/mol. The van der Waals surface area contributed by atoms with Crippen molar-refractivity contribution in [2.75, 3.05) is 0 Å². The van der Waals surface area contributed by atoms with Crippen LogP contribution in [-0.2, 0) is 0 Å². The minimum Gasteiger partial charge on any atom is -0.390 e. The first kappa shape index (κ1) is 28.2. The molecule has 0 heterocycles. The normalized spacial score (nSPS) is 48.0. The molecule has 5 rings (SSSR count). The summed E-state index contributed by atoms with van der Waals surface area (Å²) in [5, 5.41) is 21.8. The summed E-state index contributed by atoms with van der Waals surface area (Å²) < 4.78 is 41.0. The zero-order valence-corrected chi connectivity index (χ0v) is 24.1. The predicted octanol–water partition coefficient (Wildman–Crippen LogP) is 8.69. The Morgan fingerprint density at radius 3 is 2.05 bits per heavy atom. The summed E-state index contributed by atoms with van der Waals surface area (Å²) in [5.74, 6) is 3.08. The predicted molar refractivity (Wildman–Crippen MR) is 142 cm³/mol. The fourth-order valence-corrected chi connectivity index (χ4v) is 10.8. The summed E-state index contributed by atoms with van der Waals surface area (Å²) in [6.07, 6.45) is 8.62. The van der Waals surface area contributed by atoms with Gasteiger partial charge in [-0.05, 0) is 148 Å². The van der Waals surface area contributed by atoms with Gasteiger partial charge in [0.25, 0.3) is 0 Å². The molecule has 0 spiro atoms. The van der Waals surface area contributed by atoms with E-state index in [9.17, 15) is 23.4 Å². The maximum absolute atomic E-state index is 13.7. The summed E-state index contributed by atoms with van der Waals surface area (Å²) in [7, 11) is 0. The molecule has 1 unspecified atom stereocenters. The van der Waals surface area contributed by atoms with E-state index < -0.39 is 17.4 Å². The average Bonchev–Trinajstić information content (AvgIpc) is 3.17. The van der Waals surface area contributed by atoms with Crippen molar-refractivity contribution >= 4 is 0 Å². The zero-order chi connectivity index (χ0) is 27.1. The highest BCUT2D eigenvalue weighted by Gasteiger charge is 2.65. The largest absolute Gasteiger partial charge is 0.417 e. The molecule has 0 amide bonds. The number of alkyl halides is 3. The van der Waals surface area contributed by atoms with E-state index >= 15 is 0 Å². The van der Waals surface area contributed by atoms with Crippen LogP contribution in [0, 0.1) is 51.8 Å². The minimum absolute atomic E-state index is 0.0178. The van der Waals surface area contributed by atoms with Crippen LogP contribution in [-0.4, -0.2) is 27.6 Å². The van der Waals surface area contributed by atoms with Gasteiger partial charge in [0.15, 0.2) is 5.60 Å². The molecular formula is C32H53F3O2. The fraction of sp³-hybridized carbons (Fsp3) is 1.00. The molecule has 0 radical (unpaired) electrons. The highest BCUT2D eigenvalue weighted by molar-refractivity contribution is 5.11. The maximum Gasteiger partial charge on any atom is 0.417 e. The van der Waals surface area contributed by atoms with Crippen LogP contribution in [0.2, 0.25) is 0 Å². The molecule has 0 aromatic heterocycles. The monoisotopic (exact) mass is 526 g/mol. The van der Waals surface area contributed by atoms with Crippen molar-refractivity contribution in [2.45, 2.75) is 148 Å². The highest BCUT2D eigenvalue weighted by atomic mass is 19.4. The van der Waals surface area contributed by atoms with Gasteiger partial charge in [0.1, 0.15) is 0 Å². The lowest BCUT2D eigenvalue weighted by molar-refractivity contribution is -0.290. The van der Waals surface area contributed by atoms with Crippen molar-refractivity contribution in [3.63, 3.8) is 0 Å². The molecule has 214 valence electrons. The van der Waals surface area contributed by atoms with Gasteiger partial charge in [-0.2, -0.15) is 13.2 Å². The van der Waals surface area contributed by atoms with Gasteiger partial charge < -0.3 is 10.2 Å². The van der Waals surface area contributed by atoms with E-state index in [1.54, 1.807) is 0 Å². The first-order chi connectivity index (χ1) is 17.0. The summed E-state index contributed by atoms with van der Waals surface area (Å²) in [6.45, 7) is 11.9. The maximum atomic E-state index is 13.7. The zero-order valence-electron chi connectivity index (χ0n) is 24.1. The second-order valence-electron chi connectivity index (χ2n) is 16.0. The van der Waals surface area contributed by atoms with Gasteiger partial charge in [0.05, 0.1) is 5.60 Å². The molecule has 2 nitrogen and oxygen atoms in total. The molecule has 0 aromatic carbocycles. The standard InChI is InChI=1S/C32H53F3O2/c1-21(10-13-30(36)17-14-27(2,3)15-18-30)24-8-9-25-23-7-6-22-20-31(37,32(33,34)35)19-16-28(22,4)26(23)11-12-29(24,25)5/h21-26,36-37H,6-20H2,1-5H3/t21-,22+,23+,24-,25+,26?,28+,29-,31+/m1/s1. The Morgan fingerprint density at radius 2 is 1.41 bits per heavy atom. The molecule has 37 heavy (non-hydrogen) atoms. The van der Waals surface area contributed by atoms with E-state index in [4.69, 9.17) is 0 Å². The number of rotatable bonds is 4. The number of halogens is 3. The molecule has 2 N–H and O–H groups in total.